The molecule has 0 aromatic heterocycles. The van der Waals surface area contributed by atoms with Crippen LogP contribution in [0.2, 0.25) is 0 Å². The van der Waals surface area contributed by atoms with Crippen molar-refractivity contribution in [2.75, 3.05) is 6.54 Å². The molecule has 0 amide bonds. The Bertz CT molecular complexity index is 455. The molecule has 0 bridgehead atoms. The lowest BCUT2D eigenvalue weighted by atomic mass is 10.1. The molecule has 1 aromatic carbocycles. The quantitative estimate of drug-likeness (QED) is 0.341. The minimum atomic E-state index is -0.534. The number of hydrogen-bond acceptors (Lipinski definition) is 2. The molecular weight excluding hydrogens is 197 g/mol. The predicted molar refractivity (Wildman–Crippen MR) is 53.2 cm³/mol. The van der Waals surface area contributed by atoms with Gasteiger partial charge in [0, 0.05) is 10.5 Å². The molecule has 0 radical (unpaired) electrons. The summed E-state index contributed by atoms with van der Waals surface area (Å²) in [6, 6.07) is 4.58. The first kappa shape index (κ1) is 11.1. The highest BCUT2D eigenvalue weighted by Gasteiger charge is 2.03. The Morgan fingerprint density at radius 2 is 2.33 bits per heavy atom. The van der Waals surface area contributed by atoms with Gasteiger partial charge in [-0.2, -0.15) is 0 Å². The first-order chi connectivity index (χ1) is 7.29. The molecule has 0 aliphatic heterocycles. The molecule has 5 heteroatoms. The summed E-state index contributed by atoms with van der Waals surface area (Å²) in [5.74, 6) is 4.49. The lowest BCUT2D eigenvalue weighted by Crippen LogP contribution is -1.92. The summed E-state index contributed by atoms with van der Waals surface area (Å²) in [6.45, 7) is -0.364. The lowest BCUT2D eigenvalue weighted by molar-refractivity contribution is 0.275. The molecular formula is C10H8FN3O. The fraction of sp³-hybridized carbons (Fsp3) is 0.200. The number of aliphatic hydroxyl groups is 1. The SMILES string of the molecule is [N-]=[N+]=NCC#Cc1cccc(CO)c1F. The van der Waals surface area contributed by atoms with Gasteiger partial charge in [-0.1, -0.05) is 29.1 Å². The maximum absolute atomic E-state index is 13.4. The third-order valence-corrected chi connectivity index (χ3v) is 1.69. The minimum absolute atomic E-state index is 0.000702. The Balaban J connectivity index is 2.93. The van der Waals surface area contributed by atoms with E-state index in [1.807, 2.05) is 0 Å². The van der Waals surface area contributed by atoms with Crippen LogP contribution in [-0.2, 0) is 6.61 Å². The average molecular weight is 205 g/mol. The summed E-state index contributed by atoms with van der Waals surface area (Å²) in [6.07, 6.45) is 0. The summed E-state index contributed by atoms with van der Waals surface area (Å²) >= 11 is 0. The van der Waals surface area contributed by atoms with Crippen LogP contribution in [0.5, 0.6) is 0 Å². The zero-order chi connectivity index (χ0) is 11.1. The van der Waals surface area contributed by atoms with Gasteiger partial charge in [0.1, 0.15) is 5.82 Å². The maximum atomic E-state index is 13.4. The number of halogens is 1. The second-order valence-corrected chi connectivity index (χ2v) is 2.63. The summed E-state index contributed by atoms with van der Waals surface area (Å²) < 4.78 is 13.4. The Morgan fingerprint density at radius 3 is 3.00 bits per heavy atom. The standard InChI is InChI=1S/C10H8FN3O/c11-10-8(5-2-6-13-14-12)3-1-4-9(10)7-15/h1,3-4,15H,6-7H2. The zero-order valence-electron chi connectivity index (χ0n) is 7.81. The van der Waals surface area contributed by atoms with E-state index in [0.717, 1.165) is 0 Å². The molecule has 0 saturated carbocycles. The van der Waals surface area contributed by atoms with Crippen molar-refractivity contribution in [1.82, 2.24) is 0 Å². The van der Waals surface area contributed by atoms with Crippen LogP contribution in [0.1, 0.15) is 11.1 Å². The topological polar surface area (TPSA) is 69.0 Å². The Kier molecular flexibility index (Phi) is 4.17. The number of aliphatic hydroxyl groups excluding tert-OH is 1. The Hall–Kier alpha value is -2.02. The molecule has 76 valence electrons. The van der Waals surface area contributed by atoms with E-state index in [-0.39, 0.29) is 24.3 Å². The molecule has 0 saturated heterocycles. The van der Waals surface area contributed by atoms with Crippen LogP contribution in [-0.4, -0.2) is 11.7 Å². The molecule has 0 spiro atoms. The van der Waals surface area contributed by atoms with E-state index in [4.69, 9.17) is 10.6 Å². The monoisotopic (exact) mass is 205 g/mol. The van der Waals surface area contributed by atoms with Gasteiger partial charge in [-0.25, -0.2) is 4.39 Å². The van der Waals surface area contributed by atoms with Crippen molar-refractivity contribution in [1.29, 1.82) is 0 Å². The van der Waals surface area contributed by atoms with Gasteiger partial charge in [-0.3, -0.25) is 0 Å². The van der Waals surface area contributed by atoms with Crippen LogP contribution in [0.4, 0.5) is 4.39 Å². The van der Waals surface area contributed by atoms with Gasteiger partial charge >= 0.3 is 0 Å². The van der Waals surface area contributed by atoms with E-state index in [1.54, 1.807) is 6.07 Å². The number of hydrogen-bond donors (Lipinski definition) is 1. The highest BCUT2D eigenvalue weighted by Crippen LogP contribution is 2.11. The van der Waals surface area contributed by atoms with Crippen LogP contribution in [0.25, 0.3) is 10.4 Å². The molecule has 0 aliphatic carbocycles. The van der Waals surface area contributed by atoms with Gasteiger partial charge in [0.05, 0.1) is 18.7 Å². The van der Waals surface area contributed by atoms with Crippen LogP contribution >= 0.6 is 0 Å². The van der Waals surface area contributed by atoms with Gasteiger partial charge in [0.25, 0.3) is 0 Å². The molecule has 1 rings (SSSR count). The van der Waals surface area contributed by atoms with Crippen molar-refractivity contribution in [3.8, 4) is 11.8 Å². The summed E-state index contributed by atoms with van der Waals surface area (Å²) in [7, 11) is 0. The number of nitrogens with zero attached hydrogens (tertiary/aromatic N) is 3. The van der Waals surface area contributed by atoms with Crippen molar-refractivity contribution in [3.05, 3.63) is 45.6 Å². The third kappa shape index (κ3) is 2.99. The zero-order valence-corrected chi connectivity index (χ0v) is 7.81. The Morgan fingerprint density at radius 1 is 1.53 bits per heavy atom. The fourth-order valence-electron chi connectivity index (χ4n) is 1.00. The van der Waals surface area contributed by atoms with E-state index in [9.17, 15) is 4.39 Å². The maximum Gasteiger partial charge on any atom is 0.144 e. The molecule has 0 atom stereocenters. The van der Waals surface area contributed by atoms with Gasteiger partial charge < -0.3 is 5.11 Å². The van der Waals surface area contributed by atoms with E-state index in [2.05, 4.69) is 21.9 Å². The van der Waals surface area contributed by atoms with E-state index in [0.29, 0.717) is 0 Å². The summed E-state index contributed by atoms with van der Waals surface area (Å²) in [4.78, 5) is 2.51. The van der Waals surface area contributed by atoms with Gasteiger partial charge in [0.15, 0.2) is 0 Å². The molecule has 1 aromatic rings. The highest BCUT2D eigenvalue weighted by atomic mass is 19.1. The van der Waals surface area contributed by atoms with Crippen molar-refractivity contribution < 1.29 is 9.50 Å². The first-order valence-electron chi connectivity index (χ1n) is 4.17. The molecule has 0 heterocycles. The minimum Gasteiger partial charge on any atom is -0.392 e. The molecule has 4 nitrogen and oxygen atoms in total. The highest BCUT2D eigenvalue weighted by molar-refractivity contribution is 5.38. The van der Waals surface area contributed by atoms with Gasteiger partial charge in [-0.05, 0) is 11.6 Å². The van der Waals surface area contributed by atoms with Crippen LogP contribution in [0.15, 0.2) is 23.3 Å². The van der Waals surface area contributed by atoms with Crippen LogP contribution in [0.3, 0.4) is 0 Å². The van der Waals surface area contributed by atoms with Gasteiger partial charge in [0.2, 0.25) is 0 Å². The number of benzene rings is 1. The first-order valence-corrected chi connectivity index (χ1v) is 4.17. The smallest absolute Gasteiger partial charge is 0.144 e. The van der Waals surface area contributed by atoms with Crippen molar-refractivity contribution in [3.63, 3.8) is 0 Å². The van der Waals surface area contributed by atoms with Crippen molar-refractivity contribution in [2.24, 2.45) is 5.11 Å². The second-order valence-electron chi connectivity index (χ2n) is 2.63. The largest absolute Gasteiger partial charge is 0.392 e. The van der Waals surface area contributed by atoms with E-state index >= 15 is 0 Å². The molecule has 0 aliphatic rings. The predicted octanol–water partition coefficient (Wildman–Crippen LogP) is 1.98. The van der Waals surface area contributed by atoms with Crippen LogP contribution < -0.4 is 0 Å². The molecule has 0 unspecified atom stereocenters. The number of azide groups is 1. The lowest BCUT2D eigenvalue weighted by Gasteiger charge is -1.99. The van der Waals surface area contributed by atoms with Crippen molar-refractivity contribution in [2.45, 2.75) is 6.61 Å². The molecule has 0 fully saturated rings. The van der Waals surface area contributed by atoms with Crippen molar-refractivity contribution >= 4 is 0 Å². The van der Waals surface area contributed by atoms with Crippen LogP contribution in [0, 0.1) is 17.7 Å². The summed E-state index contributed by atoms with van der Waals surface area (Å²) in [5, 5.41) is 12.0. The molecule has 15 heavy (non-hydrogen) atoms. The third-order valence-electron chi connectivity index (χ3n) is 1.69. The second kappa shape index (κ2) is 5.66. The average Bonchev–Trinajstić information content (AvgIpc) is 2.26. The molecule has 1 N–H and O–H groups in total. The number of rotatable bonds is 2. The summed E-state index contributed by atoms with van der Waals surface area (Å²) in [5.41, 5.74) is 8.37. The van der Waals surface area contributed by atoms with E-state index < -0.39 is 5.82 Å². The fourth-order valence-corrected chi connectivity index (χ4v) is 1.00. The Labute approximate surface area is 86.0 Å². The normalized spacial score (nSPS) is 8.67. The van der Waals surface area contributed by atoms with E-state index in [1.165, 1.54) is 12.1 Å². The van der Waals surface area contributed by atoms with Gasteiger partial charge in [-0.15, -0.1) is 0 Å².